The van der Waals surface area contributed by atoms with Crippen LogP contribution in [0.15, 0.2) is 12.1 Å². The number of hydrogen-bond acceptors (Lipinski definition) is 6. The Hall–Kier alpha value is -2.08. The summed E-state index contributed by atoms with van der Waals surface area (Å²) < 4.78 is 15.9. The number of esters is 1. The average molecular weight is 357 g/mol. The molecule has 0 unspecified atom stereocenters. The molecule has 1 saturated heterocycles. The highest BCUT2D eigenvalue weighted by Crippen LogP contribution is 2.48. The Morgan fingerprint density at radius 1 is 1.19 bits per heavy atom. The number of ketones is 1. The second kappa shape index (κ2) is 5.98. The highest BCUT2D eigenvalue weighted by molar-refractivity contribution is 5.99. The van der Waals surface area contributed by atoms with Gasteiger partial charge in [0.2, 0.25) is 6.79 Å². The van der Waals surface area contributed by atoms with Gasteiger partial charge in [0.15, 0.2) is 11.5 Å². The Morgan fingerprint density at radius 2 is 2.00 bits per heavy atom. The van der Waals surface area contributed by atoms with Gasteiger partial charge in [-0.25, -0.2) is 0 Å². The second-order valence-corrected chi connectivity index (χ2v) is 7.90. The van der Waals surface area contributed by atoms with Gasteiger partial charge in [0.25, 0.3) is 0 Å². The quantitative estimate of drug-likeness (QED) is 0.567. The van der Waals surface area contributed by atoms with E-state index in [1.165, 1.54) is 18.2 Å². The first-order chi connectivity index (χ1) is 12.6. The lowest BCUT2D eigenvalue weighted by molar-refractivity contribution is -0.153. The Bertz CT molecular complexity index is 776. The molecule has 5 rings (SSSR count). The first-order valence-electron chi connectivity index (χ1n) is 9.41. The van der Waals surface area contributed by atoms with Crippen molar-refractivity contribution < 1.29 is 23.8 Å². The third kappa shape index (κ3) is 2.42. The maximum Gasteiger partial charge on any atom is 0.316 e. The molecule has 0 spiro atoms. The fraction of sp³-hybridized carbons (Fsp3) is 0.600. The van der Waals surface area contributed by atoms with Gasteiger partial charge in [-0.15, -0.1) is 0 Å². The SMILES string of the molecule is COC(=O)[C@@H]1C[C@@H]2CN3CCc4cc5c(cc4[C@@H]3C[C@@H]2CC1=O)OCO5. The molecule has 138 valence electrons. The van der Waals surface area contributed by atoms with E-state index in [9.17, 15) is 9.59 Å². The van der Waals surface area contributed by atoms with E-state index in [0.717, 1.165) is 37.4 Å². The van der Waals surface area contributed by atoms with E-state index in [1.807, 2.05) is 0 Å². The number of rotatable bonds is 1. The highest BCUT2D eigenvalue weighted by atomic mass is 16.7. The van der Waals surface area contributed by atoms with Crippen LogP contribution in [0.25, 0.3) is 0 Å². The summed E-state index contributed by atoms with van der Waals surface area (Å²) in [7, 11) is 1.37. The van der Waals surface area contributed by atoms with Gasteiger partial charge >= 0.3 is 5.97 Å². The molecule has 0 radical (unpaired) electrons. The van der Waals surface area contributed by atoms with Crippen molar-refractivity contribution in [2.45, 2.75) is 31.7 Å². The minimum absolute atomic E-state index is 0.0493. The molecule has 1 aromatic carbocycles. The van der Waals surface area contributed by atoms with Crippen molar-refractivity contribution in [3.05, 3.63) is 23.3 Å². The second-order valence-electron chi connectivity index (χ2n) is 7.90. The summed E-state index contributed by atoms with van der Waals surface area (Å²) in [4.78, 5) is 26.9. The van der Waals surface area contributed by atoms with Crippen molar-refractivity contribution in [1.29, 1.82) is 0 Å². The molecule has 3 heterocycles. The molecule has 0 N–H and O–H groups in total. The lowest BCUT2D eigenvalue weighted by Crippen LogP contribution is -2.50. The van der Waals surface area contributed by atoms with E-state index in [4.69, 9.17) is 14.2 Å². The fourth-order valence-electron chi connectivity index (χ4n) is 5.29. The summed E-state index contributed by atoms with van der Waals surface area (Å²) in [5, 5.41) is 0. The highest BCUT2D eigenvalue weighted by Gasteiger charge is 2.46. The number of ether oxygens (including phenoxy) is 3. The van der Waals surface area contributed by atoms with E-state index in [2.05, 4.69) is 17.0 Å². The number of nitrogens with zero attached hydrogens (tertiary/aromatic N) is 1. The topological polar surface area (TPSA) is 65.1 Å². The number of Topliss-reactive ketones (excluding diaryl/α,β-unsaturated/α-hetero) is 1. The largest absolute Gasteiger partial charge is 0.468 e. The summed E-state index contributed by atoms with van der Waals surface area (Å²) in [6, 6.07) is 4.59. The Balaban J connectivity index is 1.41. The standard InChI is InChI=1S/C20H23NO5/c1-24-20(23)15-4-13-9-21-3-2-11-7-18-19(26-10-25-18)8-14(11)16(21)5-12(13)6-17(15)22/h7-8,12-13,15-16H,2-6,9-10H2,1H3/t12-,13-,15-,16+/m1/s1. The van der Waals surface area contributed by atoms with Crippen LogP contribution >= 0.6 is 0 Å². The smallest absolute Gasteiger partial charge is 0.316 e. The minimum Gasteiger partial charge on any atom is -0.468 e. The molecule has 4 aliphatic rings. The third-order valence-electron chi connectivity index (χ3n) is 6.64. The van der Waals surface area contributed by atoms with Gasteiger partial charge in [0, 0.05) is 25.6 Å². The minimum atomic E-state index is -0.566. The van der Waals surface area contributed by atoms with Gasteiger partial charge in [-0.3, -0.25) is 14.5 Å². The van der Waals surface area contributed by atoms with Crippen LogP contribution in [-0.2, 0) is 20.7 Å². The van der Waals surface area contributed by atoms with E-state index in [0.29, 0.717) is 37.5 Å². The van der Waals surface area contributed by atoms with Gasteiger partial charge in [0.1, 0.15) is 11.7 Å². The monoisotopic (exact) mass is 357 g/mol. The number of benzene rings is 1. The number of fused-ring (bicyclic) bond motifs is 5. The van der Waals surface area contributed by atoms with Gasteiger partial charge < -0.3 is 14.2 Å². The summed E-state index contributed by atoms with van der Waals surface area (Å²) in [5.41, 5.74) is 2.66. The van der Waals surface area contributed by atoms with Gasteiger partial charge in [-0.05, 0) is 54.4 Å². The predicted molar refractivity (Wildman–Crippen MR) is 91.9 cm³/mol. The molecule has 6 nitrogen and oxygen atoms in total. The lowest BCUT2D eigenvalue weighted by Gasteiger charge is -2.49. The zero-order chi connectivity index (χ0) is 17.8. The van der Waals surface area contributed by atoms with Crippen LogP contribution in [0.2, 0.25) is 0 Å². The predicted octanol–water partition coefficient (Wildman–Crippen LogP) is 2.10. The number of carbonyl (C=O) groups is 2. The summed E-state index contributed by atoms with van der Waals surface area (Å²) >= 11 is 0. The normalized spacial score (nSPS) is 32.4. The lowest BCUT2D eigenvalue weighted by atomic mass is 9.67. The number of piperidine rings is 1. The van der Waals surface area contributed by atoms with E-state index >= 15 is 0 Å². The van der Waals surface area contributed by atoms with Gasteiger partial charge in [-0.2, -0.15) is 0 Å². The van der Waals surface area contributed by atoms with Crippen molar-refractivity contribution in [3.8, 4) is 11.5 Å². The van der Waals surface area contributed by atoms with Crippen molar-refractivity contribution in [1.82, 2.24) is 4.90 Å². The zero-order valence-electron chi connectivity index (χ0n) is 14.9. The molecule has 26 heavy (non-hydrogen) atoms. The molecule has 2 fully saturated rings. The van der Waals surface area contributed by atoms with Crippen LogP contribution in [0.5, 0.6) is 11.5 Å². The van der Waals surface area contributed by atoms with Crippen molar-refractivity contribution in [3.63, 3.8) is 0 Å². The maximum absolute atomic E-state index is 12.5. The van der Waals surface area contributed by atoms with Crippen LogP contribution in [0.1, 0.15) is 36.4 Å². The number of methoxy groups -OCH3 is 1. The molecule has 4 atom stereocenters. The fourth-order valence-corrected chi connectivity index (χ4v) is 5.29. The number of carbonyl (C=O) groups excluding carboxylic acids is 2. The van der Waals surface area contributed by atoms with Crippen molar-refractivity contribution in [2.75, 3.05) is 27.0 Å². The molecular weight excluding hydrogens is 334 g/mol. The molecule has 3 aliphatic heterocycles. The molecule has 0 amide bonds. The first-order valence-corrected chi connectivity index (χ1v) is 9.41. The summed E-state index contributed by atoms with van der Waals surface area (Å²) in [5.74, 6) is 1.53. The molecule has 1 aromatic rings. The Labute approximate surface area is 152 Å². The van der Waals surface area contributed by atoms with Crippen LogP contribution in [0.4, 0.5) is 0 Å². The van der Waals surface area contributed by atoms with E-state index in [-0.39, 0.29) is 11.8 Å². The number of hydrogen-bond donors (Lipinski definition) is 0. The summed E-state index contributed by atoms with van der Waals surface area (Å²) in [6.45, 7) is 2.25. The van der Waals surface area contributed by atoms with Crippen LogP contribution in [0, 0.1) is 17.8 Å². The first kappa shape index (κ1) is 16.1. The van der Waals surface area contributed by atoms with E-state index in [1.54, 1.807) is 0 Å². The van der Waals surface area contributed by atoms with Gasteiger partial charge in [0.05, 0.1) is 7.11 Å². The molecule has 1 saturated carbocycles. The van der Waals surface area contributed by atoms with Crippen molar-refractivity contribution >= 4 is 11.8 Å². The Kier molecular flexibility index (Phi) is 3.71. The molecular formula is C20H23NO5. The molecule has 0 aromatic heterocycles. The maximum atomic E-state index is 12.5. The average Bonchev–Trinajstić information content (AvgIpc) is 3.11. The third-order valence-corrected chi connectivity index (χ3v) is 6.64. The van der Waals surface area contributed by atoms with Crippen LogP contribution in [-0.4, -0.2) is 43.6 Å². The zero-order valence-corrected chi connectivity index (χ0v) is 14.9. The molecule has 6 heteroatoms. The van der Waals surface area contributed by atoms with Crippen LogP contribution < -0.4 is 9.47 Å². The molecule has 0 bridgehead atoms. The van der Waals surface area contributed by atoms with Crippen LogP contribution in [0.3, 0.4) is 0 Å². The van der Waals surface area contributed by atoms with Gasteiger partial charge in [-0.1, -0.05) is 0 Å². The summed E-state index contributed by atoms with van der Waals surface area (Å²) in [6.07, 6.45) is 3.10. The Morgan fingerprint density at radius 3 is 2.81 bits per heavy atom. The molecule has 1 aliphatic carbocycles. The van der Waals surface area contributed by atoms with E-state index < -0.39 is 5.92 Å². The van der Waals surface area contributed by atoms with Crippen molar-refractivity contribution in [2.24, 2.45) is 17.8 Å².